The number of hydrogen-bond acceptors (Lipinski definition) is 8. The lowest BCUT2D eigenvalue weighted by Crippen LogP contribution is -2.45. The molecule has 2 N–H and O–H groups in total. The molecular formula is C35H40N4O7S. The van der Waals surface area contributed by atoms with E-state index in [0.29, 0.717) is 12.1 Å². The van der Waals surface area contributed by atoms with Gasteiger partial charge in [-0.15, -0.1) is 0 Å². The van der Waals surface area contributed by atoms with Gasteiger partial charge in [-0.25, -0.2) is 27.0 Å². The molecule has 0 saturated carbocycles. The lowest BCUT2D eigenvalue weighted by Gasteiger charge is -2.22. The van der Waals surface area contributed by atoms with Crippen LogP contribution < -0.4 is 10.6 Å². The number of alkyl carbamates (subject to hydrolysis) is 1. The second-order valence-corrected chi connectivity index (χ2v) is 14.1. The van der Waals surface area contributed by atoms with Crippen LogP contribution in [0, 0.1) is 13.8 Å². The summed E-state index contributed by atoms with van der Waals surface area (Å²) in [5.41, 5.74) is 3.97. The minimum atomic E-state index is -3.91. The SMILES string of the molecule is Cc1ccc(CNC(=O)Cc2ccc(COC(=O)[C@H](Cc3cn(S(=O)(=O)c4ccc(C)cc4)cn3)NC(=O)OC(C)(C)C)cc2)cc1. The summed E-state index contributed by atoms with van der Waals surface area (Å²) in [7, 11) is -3.91. The van der Waals surface area contributed by atoms with Crippen molar-refractivity contribution >= 4 is 28.0 Å². The molecule has 248 valence electrons. The second-order valence-electron chi connectivity index (χ2n) is 12.3. The summed E-state index contributed by atoms with van der Waals surface area (Å²) < 4.78 is 38.0. The molecule has 3 aromatic carbocycles. The summed E-state index contributed by atoms with van der Waals surface area (Å²) in [6.07, 6.45) is 1.65. The van der Waals surface area contributed by atoms with Gasteiger partial charge in [0.2, 0.25) is 5.91 Å². The average Bonchev–Trinajstić information content (AvgIpc) is 3.49. The Hall–Kier alpha value is -4.97. The maximum atomic E-state index is 13.2. The molecule has 0 unspecified atom stereocenters. The van der Waals surface area contributed by atoms with Gasteiger partial charge in [-0.05, 0) is 63.4 Å². The van der Waals surface area contributed by atoms with E-state index in [1.807, 2.05) is 38.1 Å². The lowest BCUT2D eigenvalue weighted by molar-refractivity contribution is -0.147. The molecule has 0 aliphatic rings. The minimum Gasteiger partial charge on any atom is -0.459 e. The number of amides is 2. The number of aryl methyl sites for hydroxylation is 2. The number of aromatic nitrogens is 2. The number of ether oxygens (including phenoxy) is 2. The number of imidazole rings is 1. The number of nitrogens with one attached hydrogen (secondary N) is 2. The number of carbonyl (C=O) groups excluding carboxylic acids is 3. The highest BCUT2D eigenvalue weighted by Crippen LogP contribution is 2.16. The molecule has 0 spiro atoms. The van der Waals surface area contributed by atoms with Crippen LogP contribution in [0.3, 0.4) is 0 Å². The van der Waals surface area contributed by atoms with Crippen LogP contribution in [0.5, 0.6) is 0 Å². The Morgan fingerprint density at radius 2 is 1.43 bits per heavy atom. The summed E-state index contributed by atoms with van der Waals surface area (Å²) in [4.78, 5) is 42.5. The first-order chi connectivity index (χ1) is 22.2. The molecule has 0 radical (unpaired) electrons. The van der Waals surface area contributed by atoms with Crippen molar-refractivity contribution < 1.29 is 32.3 Å². The van der Waals surface area contributed by atoms with Crippen molar-refractivity contribution in [3.05, 3.63) is 119 Å². The van der Waals surface area contributed by atoms with E-state index in [1.54, 1.807) is 57.2 Å². The van der Waals surface area contributed by atoms with E-state index in [-0.39, 0.29) is 35.9 Å². The smallest absolute Gasteiger partial charge is 0.408 e. The van der Waals surface area contributed by atoms with Crippen molar-refractivity contribution in [3.63, 3.8) is 0 Å². The molecule has 11 nitrogen and oxygen atoms in total. The average molecular weight is 661 g/mol. The number of hydrogen-bond donors (Lipinski definition) is 2. The quantitative estimate of drug-likeness (QED) is 0.207. The van der Waals surface area contributed by atoms with Crippen molar-refractivity contribution in [2.24, 2.45) is 0 Å². The maximum Gasteiger partial charge on any atom is 0.408 e. The predicted molar refractivity (Wildman–Crippen MR) is 176 cm³/mol. The van der Waals surface area contributed by atoms with Gasteiger partial charge in [0.15, 0.2) is 0 Å². The molecule has 47 heavy (non-hydrogen) atoms. The zero-order chi connectivity index (χ0) is 34.2. The van der Waals surface area contributed by atoms with E-state index in [1.165, 1.54) is 18.3 Å². The van der Waals surface area contributed by atoms with Gasteiger partial charge in [0.25, 0.3) is 10.0 Å². The van der Waals surface area contributed by atoms with Gasteiger partial charge in [0, 0.05) is 19.2 Å². The highest BCUT2D eigenvalue weighted by atomic mass is 32.2. The van der Waals surface area contributed by atoms with Crippen LogP contribution in [0.4, 0.5) is 4.79 Å². The standard InChI is InChI=1S/C35H40N4O7S/c1-24-6-10-27(11-7-24)20-36-32(40)18-26-12-14-28(15-13-26)22-45-33(41)31(38-34(42)46-35(3,4)5)19-29-21-39(23-37-29)47(43,44)30-16-8-25(2)9-17-30/h6-17,21,23,31H,18-20,22H2,1-5H3,(H,36,40)(H,38,42)/t31-/m0/s1. The molecule has 0 aliphatic heterocycles. The number of nitrogens with zero attached hydrogens (tertiary/aromatic N) is 2. The number of benzene rings is 3. The van der Waals surface area contributed by atoms with Crippen LogP contribution >= 0.6 is 0 Å². The van der Waals surface area contributed by atoms with Gasteiger partial charge < -0.3 is 20.1 Å². The highest BCUT2D eigenvalue weighted by Gasteiger charge is 2.28. The van der Waals surface area contributed by atoms with Crippen LogP contribution in [0.2, 0.25) is 0 Å². The van der Waals surface area contributed by atoms with Crippen molar-refractivity contribution in [2.45, 2.75) is 77.2 Å². The Morgan fingerprint density at radius 1 is 0.851 bits per heavy atom. The lowest BCUT2D eigenvalue weighted by atomic mass is 10.1. The first-order valence-corrected chi connectivity index (χ1v) is 16.5. The molecule has 4 aromatic rings. The number of carbonyl (C=O) groups is 3. The summed E-state index contributed by atoms with van der Waals surface area (Å²) in [5, 5.41) is 5.43. The van der Waals surface area contributed by atoms with Crippen molar-refractivity contribution in [2.75, 3.05) is 0 Å². The van der Waals surface area contributed by atoms with Gasteiger partial charge in [-0.1, -0.05) is 71.8 Å². The Balaban J connectivity index is 1.37. The van der Waals surface area contributed by atoms with Crippen LogP contribution in [0.25, 0.3) is 0 Å². The second kappa shape index (κ2) is 15.1. The Kier molecular flexibility index (Phi) is 11.2. The minimum absolute atomic E-state index is 0.0868. The molecule has 1 heterocycles. The van der Waals surface area contributed by atoms with Gasteiger partial charge in [-0.2, -0.15) is 0 Å². The largest absolute Gasteiger partial charge is 0.459 e. The van der Waals surface area contributed by atoms with Crippen LogP contribution in [0.1, 0.15) is 54.3 Å². The number of rotatable bonds is 12. The van der Waals surface area contributed by atoms with E-state index >= 15 is 0 Å². The summed E-state index contributed by atoms with van der Waals surface area (Å²) >= 11 is 0. The van der Waals surface area contributed by atoms with E-state index in [2.05, 4.69) is 15.6 Å². The fraction of sp³-hybridized carbons (Fsp3) is 0.314. The van der Waals surface area contributed by atoms with Gasteiger partial charge in [0.1, 0.15) is 24.6 Å². The zero-order valence-corrected chi connectivity index (χ0v) is 28.0. The first-order valence-electron chi connectivity index (χ1n) is 15.1. The third-order valence-electron chi connectivity index (χ3n) is 6.98. The Bertz CT molecular complexity index is 1790. The summed E-state index contributed by atoms with van der Waals surface area (Å²) in [5.74, 6) is -0.874. The van der Waals surface area contributed by atoms with Gasteiger partial charge >= 0.3 is 12.1 Å². The van der Waals surface area contributed by atoms with Crippen molar-refractivity contribution in [1.29, 1.82) is 0 Å². The van der Waals surface area contributed by atoms with E-state index in [4.69, 9.17) is 9.47 Å². The first kappa shape index (κ1) is 34.9. The molecule has 12 heteroatoms. The molecule has 0 saturated heterocycles. The van der Waals surface area contributed by atoms with E-state index in [9.17, 15) is 22.8 Å². The fourth-order valence-electron chi connectivity index (χ4n) is 4.43. The maximum absolute atomic E-state index is 13.2. The van der Waals surface area contributed by atoms with Crippen molar-refractivity contribution in [1.82, 2.24) is 19.6 Å². The van der Waals surface area contributed by atoms with Crippen molar-refractivity contribution in [3.8, 4) is 0 Å². The molecule has 0 bridgehead atoms. The Morgan fingerprint density at radius 3 is 2.04 bits per heavy atom. The highest BCUT2D eigenvalue weighted by molar-refractivity contribution is 7.90. The van der Waals surface area contributed by atoms with Gasteiger partial charge in [0.05, 0.1) is 17.0 Å². The molecular weight excluding hydrogens is 620 g/mol. The van der Waals surface area contributed by atoms with Crippen LogP contribution in [0.15, 0.2) is 90.2 Å². The normalized spacial score (nSPS) is 12.2. The Labute approximate surface area is 275 Å². The van der Waals surface area contributed by atoms with Crippen LogP contribution in [-0.4, -0.2) is 47.0 Å². The summed E-state index contributed by atoms with van der Waals surface area (Å²) in [6, 6.07) is 20.2. The monoisotopic (exact) mass is 660 g/mol. The molecule has 1 aromatic heterocycles. The molecule has 2 amide bonds. The third-order valence-corrected chi connectivity index (χ3v) is 8.60. The fourth-order valence-corrected chi connectivity index (χ4v) is 5.58. The predicted octanol–water partition coefficient (Wildman–Crippen LogP) is 4.78. The molecule has 1 atom stereocenters. The molecule has 0 aliphatic carbocycles. The van der Waals surface area contributed by atoms with E-state index in [0.717, 1.165) is 32.6 Å². The van der Waals surface area contributed by atoms with E-state index < -0.39 is 33.7 Å². The van der Waals surface area contributed by atoms with Gasteiger partial charge in [-0.3, -0.25) is 4.79 Å². The zero-order valence-electron chi connectivity index (χ0n) is 27.1. The topological polar surface area (TPSA) is 146 Å². The third kappa shape index (κ3) is 10.5. The molecule has 4 rings (SSSR count). The molecule has 0 fully saturated rings. The number of esters is 1. The summed E-state index contributed by atoms with van der Waals surface area (Å²) in [6.45, 7) is 9.27. The van der Waals surface area contributed by atoms with Crippen LogP contribution in [-0.2, 0) is 55.1 Å².